The summed E-state index contributed by atoms with van der Waals surface area (Å²) in [6.45, 7) is 1.89. The molecular formula is C18H19Cl3N2O. The number of hydrogen-bond donors (Lipinski definition) is 2. The lowest BCUT2D eigenvalue weighted by Gasteiger charge is -2.08. The molecule has 2 aromatic rings. The zero-order chi connectivity index (χ0) is 17.4. The standard InChI is InChI=1S/C18H19Cl3N2O/c19-15-4-1-13(2-5-15)12-23-18(24)8-10-22-9-7-14-3-6-16(20)11-17(14)21/h1-6,11,22H,7-10,12H2,(H,23,24). The van der Waals surface area contributed by atoms with Gasteiger partial charge in [0.1, 0.15) is 0 Å². The van der Waals surface area contributed by atoms with Crippen LogP contribution in [0.4, 0.5) is 0 Å². The smallest absolute Gasteiger partial charge is 0.221 e. The summed E-state index contributed by atoms with van der Waals surface area (Å²) in [5.41, 5.74) is 2.07. The molecule has 2 N–H and O–H groups in total. The Labute approximate surface area is 157 Å². The first-order valence-corrected chi connectivity index (χ1v) is 8.84. The summed E-state index contributed by atoms with van der Waals surface area (Å²) in [4.78, 5) is 11.8. The van der Waals surface area contributed by atoms with Crippen LogP contribution in [0, 0.1) is 0 Å². The summed E-state index contributed by atoms with van der Waals surface area (Å²) in [7, 11) is 0. The predicted octanol–water partition coefficient (Wildman–Crippen LogP) is 4.49. The minimum Gasteiger partial charge on any atom is -0.352 e. The number of hydrogen-bond acceptors (Lipinski definition) is 2. The fourth-order valence-electron chi connectivity index (χ4n) is 2.17. The largest absolute Gasteiger partial charge is 0.352 e. The van der Waals surface area contributed by atoms with Gasteiger partial charge in [0.2, 0.25) is 5.91 Å². The average molecular weight is 386 g/mol. The monoisotopic (exact) mass is 384 g/mol. The Bertz CT molecular complexity index is 674. The van der Waals surface area contributed by atoms with Gasteiger partial charge in [-0.25, -0.2) is 0 Å². The van der Waals surface area contributed by atoms with Gasteiger partial charge in [0.25, 0.3) is 0 Å². The first-order valence-electron chi connectivity index (χ1n) is 7.70. The van der Waals surface area contributed by atoms with E-state index in [-0.39, 0.29) is 5.91 Å². The summed E-state index contributed by atoms with van der Waals surface area (Å²) in [5.74, 6) is 0.0157. The van der Waals surface area contributed by atoms with Crippen molar-refractivity contribution in [3.8, 4) is 0 Å². The van der Waals surface area contributed by atoms with E-state index in [0.717, 1.165) is 24.1 Å². The second kappa shape index (κ2) is 9.90. The highest BCUT2D eigenvalue weighted by Crippen LogP contribution is 2.21. The highest BCUT2D eigenvalue weighted by Gasteiger charge is 2.03. The molecule has 6 heteroatoms. The molecule has 0 spiro atoms. The summed E-state index contributed by atoms with van der Waals surface area (Å²) < 4.78 is 0. The normalized spacial score (nSPS) is 10.6. The molecule has 0 fully saturated rings. The van der Waals surface area contributed by atoms with Gasteiger partial charge in [0.05, 0.1) is 0 Å². The molecule has 2 rings (SSSR count). The van der Waals surface area contributed by atoms with Gasteiger partial charge < -0.3 is 10.6 Å². The lowest BCUT2D eigenvalue weighted by Crippen LogP contribution is -2.28. The molecule has 0 aliphatic carbocycles. The van der Waals surface area contributed by atoms with Crippen LogP contribution in [0.15, 0.2) is 42.5 Å². The van der Waals surface area contributed by atoms with Crippen molar-refractivity contribution in [1.82, 2.24) is 10.6 Å². The highest BCUT2D eigenvalue weighted by molar-refractivity contribution is 6.35. The molecule has 0 saturated carbocycles. The summed E-state index contributed by atoms with van der Waals surface area (Å²) in [6.07, 6.45) is 1.23. The molecule has 0 aromatic heterocycles. The van der Waals surface area contributed by atoms with E-state index in [2.05, 4.69) is 10.6 Å². The second-order valence-electron chi connectivity index (χ2n) is 5.39. The molecular weight excluding hydrogens is 367 g/mol. The third-order valence-electron chi connectivity index (χ3n) is 3.52. The Morgan fingerprint density at radius 2 is 1.62 bits per heavy atom. The van der Waals surface area contributed by atoms with Gasteiger partial charge in [0, 0.05) is 34.6 Å². The Morgan fingerprint density at radius 3 is 2.33 bits per heavy atom. The van der Waals surface area contributed by atoms with E-state index in [9.17, 15) is 4.79 Å². The minimum absolute atomic E-state index is 0.0157. The Morgan fingerprint density at radius 1 is 0.917 bits per heavy atom. The maximum atomic E-state index is 11.8. The average Bonchev–Trinajstić information content (AvgIpc) is 2.56. The molecule has 0 heterocycles. The topological polar surface area (TPSA) is 41.1 Å². The Hall–Kier alpha value is -1.26. The molecule has 2 aromatic carbocycles. The van der Waals surface area contributed by atoms with Crippen LogP contribution in [-0.2, 0) is 17.8 Å². The number of nitrogens with one attached hydrogen (secondary N) is 2. The van der Waals surface area contributed by atoms with E-state index < -0.39 is 0 Å². The number of amides is 1. The lowest BCUT2D eigenvalue weighted by molar-refractivity contribution is -0.121. The van der Waals surface area contributed by atoms with Crippen molar-refractivity contribution < 1.29 is 4.79 Å². The van der Waals surface area contributed by atoms with E-state index in [1.165, 1.54) is 0 Å². The van der Waals surface area contributed by atoms with Gasteiger partial charge in [-0.15, -0.1) is 0 Å². The molecule has 0 aliphatic heterocycles. The maximum absolute atomic E-state index is 11.8. The van der Waals surface area contributed by atoms with E-state index in [1.54, 1.807) is 6.07 Å². The van der Waals surface area contributed by atoms with Gasteiger partial charge in [-0.1, -0.05) is 53.0 Å². The first kappa shape index (κ1) is 19.1. The SMILES string of the molecule is O=C(CCNCCc1ccc(Cl)cc1Cl)NCc1ccc(Cl)cc1. The van der Waals surface area contributed by atoms with Crippen LogP contribution in [0.5, 0.6) is 0 Å². The molecule has 0 unspecified atom stereocenters. The van der Waals surface area contributed by atoms with Gasteiger partial charge in [-0.2, -0.15) is 0 Å². The Balaban J connectivity index is 1.60. The number of carbonyl (C=O) groups excluding carboxylic acids is 1. The van der Waals surface area contributed by atoms with Crippen LogP contribution in [-0.4, -0.2) is 19.0 Å². The molecule has 0 atom stereocenters. The van der Waals surface area contributed by atoms with Crippen molar-refractivity contribution in [1.29, 1.82) is 0 Å². The van der Waals surface area contributed by atoms with Gasteiger partial charge >= 0.3 is 0 Å². The van der Waals surface area contributed by atoms with Crippen LogP contribution in [0.1, 0.15) is 17.5 Å². The second-order valence-corrected chi connectivity index (χ2v) is 6.67. The van der Waals surface area contributed by atoms with Crippen LogP contribution in [0.3, 0.4) is 0 Å². The quantitative estimate of drug-likeness (QED) is 0.658. The summed E-state index contributed by atoms with van der Waals surface area (Å²) in [5, 5.41) is 8.12. The summed E-state index contributed by atoms with van der Waals surface area (Å²) in [6, 6.07) is 12.9. The van der Waals surface area contributed by atoms with Crippen molar-refractivity contribution >= 4 is 40.7 Å². The van der Waals surface area contributed by atoms with Crippen LogP contribution in [0.2, 0.25) is 15.1 Å². The number of carbonyl (C=O) groups is 1. The van der Waals surface area contributed by atoms with Crippen molar-refractivity contribution in [2.45, 2.75) is 19.4 Å². The first-order chi connectivity index (χ1) is 11.5. The zero-order valence-corrected chi connectivity index (χ0v) is 15.4. The van der Waals surface area contributed by atoms with Gasteiger partial charge in [0.15, 0.2) is 0 Å². The molecule has 128 valence electrons. The van der Waals surface area contributed by atoms with Crippen LogP contribution < -0.4 is 10.6 Å². The maximum Gasteiger partial charge on any atom is 0.221 e. The fourth-order valence-corrected chi connectivity index (χ4v) is 2.79. The molecule has 0 saturated heterocycles. The fraction of sp³-hybridized carbons (Fsp3) is 0.278. The van der Waals surface area contributed by atoms with Crippen molar-refractivity contribution in [3.63, 3.8) is 0 Å². The molecule has 1 amide bonds. The van der Waals surface area contributed by atoms with Crippen LogP contribution in [0.25, 0.3) is 0 Å². The van der Waals surface area contributed by atoms with Gasteiger partial charge in [-0.05, 0) is 48.4 Å². The van der Waals surface area contributed by atoms with Gasteiger partial charge in [-0.3, -0.25) is 4.79 Å². The lowest BCUT2D eigenvalue weighted by atomic mass is 10.1. The van der Waals surface area contributed by atoms with E-state index >= 15 is 0 Å². The third kappa shape index (κ3) is 6.70. The minimum atomic E-state index is 0.0157. The summed E-state index contributed by atoms with van der Waals surface area (Å²) >= 11 is 17.8. The zero-order valence-electron chi connectivity index (χ0n) is 13.1. The van der Waals surface area contributed by atoms with Crippen molar-refractivity contribution in [3.05, 3.63) is 68.7 Å². The van der Waals surface area contributed by atoms with E-state index in [0.29, 0.717) is 34.6 Å². The van der Waals surface area contributed by atoms with Crippen molar-refractivity contribution in [2.75, 3.05) is 13.1 Å². The molecule has 24 heavy (non-hydrogen) atoms. The molecule has 0 bridgehead atoms. The molecule has 0 radical (unpaired) electrons. The number of rotatable bonds is 8. The van der Waals surface area contributed by atoms with Crippen molar-refractivity contribution in [2.24, 2.45) is 0 Å². The molecule has 0 aliphatic rings. The predicted molar refractivity (Wildman–Crippen MR) is 101 cm³/mol. The van der Waals surface area contributed by atoms with Crippen LogP contribution >= 0.6 is 34.8 Å². The van der Waals surface area contributed by atoms with E-state index in [1.807, 2.05) is 36.4 Å². The molecule has 3 nitrogen and oxygen atoms in total. The Kier molecular flexibility index (Phi) is 7.86. The number of halogens is 3. The third-order valence-corrected chi connectivity index (χ3v) is 4.36. The van der Waals surface area contributed by atoms with E-state index in [4.69, 9.17) is 34.8 Å². The highest BCUT2D eigenvalue weighted by atomic mass is 35.5. The number of benzene rings is 2.